The average molecular weight is 368 g/mol. The molecule has 1 amide bonds. The fraction of sp³-hybridized carbons (Fsp3) is 0.300. The van der Waals surface area contributed by atoms with E-state index in [1.165, 1.54) is 17.7 Å². The Labute approximate surface area is 156 Å². The fourth-order valence-electron chi connectivity index (χ4n) is 3.29. The minimum absolute atomic E-state index is 0.0442. The summed E-state index contributed by atoms with van der Waals surface area (Å²) in [6.07, 6.45) is 2.41. The summed E-state index contributed by atoms with van der Waals surface area (Å²) in [6.45, 7) is 1.54. The zero-order valence-corrected chi connectivity index (χ0v) is 14.9. The third kappa shape index (κ3) is 4.13. The SMILES string of the molecule is C[C@H](Oc1ccc(C=O)cc1[N+](=O)[O-])C(=O)N[C@@H]1CCCc2ccccc21. The number of aldehydes is 1. The monoisotopic (exact) mass is 368 g/mol. The lowest BCUT2D eigenvalue weighted by Gasteiger charge is -2.27. The molecule has 0 aromatic heterocycles. The number of nitro groups is 1. The maximum Gasteiger partial charge on any atom is 0.311 e. The Hall–Kier alpha value is -3.22. The first-order valence-electron chi connectivity index (χ1n) is 8.78. The Morgan fingerprint density at radius 2 is 2.11 bits per heavy atom. The molecule has 2 atom stereocenters. The van der Waals surface area contributed by atoms with Crippen molar-refractivity contribution < 1.29 is 19.2 Å². The van der Waals surface area contributed by atoms with E-state index in [1.54, 1.807) is 6.92 Å². The van der Waals surface area contributed by atoms with Crippen LogP contribution in [0.15, 0.2) is 42.5 Å². The first kappa shape index (κ1) is 18.6. The summed E-state index contributed by atoms with van der Waals surface area (Å²) in [5.74, 6) is -0.386. The standard InChI is InChI=1S/C20H20N2O5/c1-13(27-19-10-9-14(12-23)11-18(19)22(25)26)20(24)21-17-8-4-6-15-5-2-3-7-16(15)17/h2-3,5,7,9-13,17H,4,6,8H2,1H3,(H,21,24)/t13-,17+/m0/s1. The van der Waals surface area contributed by atoms with Crippen LogP contribution >= 0.6 is 0 Å². The molecule has 3 rings (SSSR count). The van der Waals surface area contributed by atoms with Crippen molar-refractivity contribution in [3.05, 3.63) is 69.3 Å². The molecular formula is C20H20N2O5. The van der Waals surface area contributed by atoms with Gasteiger partial charge in [0.25, 0.3) is 5.91 Å². The third-order valence-electron chi connectivity index (χ3n) is 4.67. The molecule has 0 bridgehead atoms. The normalized spacial score (nSPS) is 16.7. The van der Waals surface area contributed by atoms with E-state index < -0.39 is 11.0 Å². The quantitative estimate of drug-likeness (QED) is 0.479. The molecule has 140 valence electrons. The summed E-state index contributed by atoms with van der Waals surface area (Å²) in [4.78, 5) is 34.0. The number of benzene rings is 2. The second-order valence-electron chi connectivity index (χ2n) is 6.51. The van der Waals surface area contributed by atoms with Gasteiger partial charge >= 0.3 is 5.69 Å². The molecule has 27 heavy (non-hydrogen) atoms. The number of amides is 1. The average Bonchev–Trinajstić information content (AvgIpc) is 2.68. The number of fused-ring (bicyclic) bond motifs is 1. The number of nitrogens with one attached hydrogen (secondary N) is 1. The van der Waals surface area contributed by atoms with E-state index in [2.05, 4.69) is 11.4 Å². The second kappa shape index (κ2) is 7.99. The number of carbonyl (C=O) groups is 2. The summed E-state index contributed by atoms with van der Waals surface area (Å²) in [5.41, 5.74) is 2.15. The largest absolute Gasteiger partial charge is 0.474 e. The van der Waals surface area contributed by atoms with Gasteiger partial charge in [0.05, 0.1) is 11.0 Å². The molecule has 1 aliphatic rings. The van der Waals surface area contributed by atoms with Gasteiger partial charge in [-0.25, -0.2) is 0 Å². The Bertz CT molecular complexity index is 880. The van der Waals surface area contributed by atoms with Crippen LogP contribution in [0.1, 0.15) is 47.3 Å². The van der Waals surface area contributed by atoms with Crippen molar-refractivity contribution in [2.75, 3.05) is 0 Å². The van der Waals surface area contributed by atoms with E-state index in [0.717, 1.165) is 30.9 Å². The highest BCUT2D eigenvalue weighted by atomic mass is 16.6. The molecule has 1 aliphatic carbocycles. The Kier molecular flexibility index (Phi) is 5.49. The van der Waals surface area contributed by atoms with Gasteiger partial charge in [0, 0.05) is 11.6 Å². The number of hydrogen-bond donors (Lipinski definition) is 1. The molecule has 0 fully saturated rings. The summed E-state index contributed by atoms with van der Waals surface area (Å²) in [6, 6.07) is 11.8. The van der Waals surface area contributed by atoms with Gasteiger partial charge in [-0.2, -0.15) is 0 Å². The number of aryl methyl sites for hydroxylation is 1. The zero-order chi connectivity index (χ0) is 19.4. The molecule has 0 aliphatic heterocycles. The minimum Gasteiger partial charge on any atom is -0.474 e. The van der Waals surface area contributed by atoms with Crippen molar-refractivity contribution in [1.29, 1.82) is 0 Å². The van der Waals surface area contributed by atoms with Crippen molar-refractivity contribution in [1.82, 2.24) is 5.32 Å². The van der Waals surface area contributed by atoms with Gasteiger partial charge in [-0.05, 0) is 49.4 Å². The number of ether oxygens (including phenoxy) is 1. The van der Waals surface area contributed by atoms with Crippen molar-refractivity contribution in [3.8, 4) is 5.75 Å². The number of hydrogen-bond acceptors (Lipinski definition) is 5. The zero-order valence-electron chi connectivity index (χ0n) is 14.9. The lowest BCUT2D eigenvalue weighted by Crippen LogP contribution is -2.39. The van der Waals surface area contributed by atoms with Crippen LogP contribution < -0.4 is 10.1 Å². The van der Waals surface area contributed by atoms with Crippen LogP contribution in [0.4, 0.5) is 5.69 Å². The summed E-state index contributed by atoms with van der Waals surface area (Å²) < 4.78 is 5.53. The van der Waals surface area contributed by atoms with Gasteiger partial charge in [-0.15, -0.1) is 0 Å². The molecule has 0 radical (unpaired) electrons. The van der Waals surface area contributed by atoms with E-state index in [-0.39, 0.29) is 28.9 Å². The lowest BCUT2D eigenvalue weighted by atomic mass is 9.87. The van der Waals surface area contributed by atoms with Gasteiger partial charge in [0.2, 0.25) is 0 Å². The Morgan fingerprint density at radius 3 is 2.85 bits per heavy atom. The Morgan fingerprint density at radius 1 is 1.33 bits per heavy atom. The van der Waals surface area contributed by atoms with Gasteiger partial charge < -0.3 is 10.1 Å². The van der Waals surface area contributed by atoms with Crippen LogP contribution in [-0.4, -0.2) is 23.2 Å². The predicted octanol–water partition coefficient (Wildman–Crippen LogP) is 3.37. The highest BCUT2D eigenvalue weighted by molar-refractivity contribution is 5.82. The summed E-state index contributed by atoms with van der Waals surface area (Å²) >= 11 is 0. The first-order chi connectivity index (χ1) is 13.0. The van der Waals surface area contributed by atoms with Crippen molar-refractivity contribution >= 4 is 17.9 Å². The van der Waals surface area contributed by atoms with Gasteiger partial charge in [-0.1, -0.05) is 24.3 Å². The number of carbonyl (C=O) groups excluding carboxylic acids is 2. The van der Waals surface area contributed by atoms with Crippen LogP contribution in [0, 0.1) is 10.1 Å². The molecule has 0 spiro atoms. The van der Waals surface area contributed by atoms with E-state index in [1.807, 2.05) is 18.2 Å². The lowest BCUT2D eigenvalue weighted by molar-refractivity contribution is -0.386. The van der Waals surface area contributed by atoms with Crippen LogP contribution in [-0.2, 0) is 11.2 Å². The van der Waals surface area contributed by atoms with Crippen LogP contribution in [0.25, 0.3) is 0 Å². The van der Waals surface area contributed by atoms with E-state index in [4.69, 9.17) is 4.74 Å². The molecule has 0 heterocycles. The molecule has 7 heteroatoms. The van der Waals surface area contributed by atoms with Gasteiger partial charge in [0.1, 0.15) is 6.29 Å². The number of rotatable bonds is 6. The molecule has 2 aromatic carbocycles. The maximum absolute atomic E-state index is 12.6. The van der Waals surface area contributed by atoms with Gasteiger partial charge in [0.15, 0.2) is 11.9 Å². The molecule has 0 saturated heterocycles. The first-order valence-corrected chi connectivity index (χ1v) is 8.78. The highest BCUT2D eigenvalue weighted by Crippen LogP contribution is 2.31. The molecular weight excluding hydrogens is 348 g/mol. The minimum atomic E-state index is -0.917. The molecule has 0 unspecified atom stereocenters. The predicted molar refractivity (Wildman–Crippen MR) is 98.8 cm³/mol. The summed E-state index contributed by atoms with van der Waals surface area (Å²) in [7, 11) is 0. The maximum atomic E-state index is 12.6. The number of nitro benzene ring substituents is 1. The van der Waals surface area contributed by atoms with E-state index in [9.17, 15) is 19.7 Å². The smallest absolute Gasteiger partial charge is 0.311 e. The van der Waals surface area contributed by atoms with Crippen LogP contribution in [0.2, 0.25) is 0 Å². The molecule has 1 N–H and O–H groups in total. The van der Waals surface area contributed by atoms with Crippen LogP contribution in [0.3, 0.4) is 0 Å². The summed E-state index contributed by atoms with van der Waals surface area (Å²) in [5, 5.41) is 14.2. The molecule has 2 aromatic rings. The van der Waals surface area contributed by atoms with Crippen molar-refractivity contribution in [3.63, 3.8) is 0 Å². The second-order valence-corrected chi connectivity index (χ2v) is 6.51. The van der Waals surface area contributed by atoms with Crippen molar-refractivity contribution in [2.24, 2.45) is 0 Å². The fourth-order valence-corrected chi connectivity index (χ4v) is 3.29. The Balaban J connectivity index is 1.72. The molecule has 7 nitrogen and oxygen atoms in total. The van der Waals surface area contributed by atoms with Crippen LogP contribution in [0.5, 0.6) is 5.75 Å². The molecule has 0 saturated carbocycles. The van der Waals surface area contributed by atoms with Gasteiger partial charge in [-0.3, -0.25) is 19.7 Å². The van der Waals surface area contributed by atoms with Crippen molar-refractivity contribution in [2.45, 2.75) is 38.3 Å². The number of nitrogens with zero attached hydrogens (tertiary/aromatic N) is 1. The van der Waals surface area contributed by atoms with E-state index in [0.29, 0.717) is 6.29 Å². The highest BCUT2D eigenvalue weighted by Gasteiger charge is 2.26. The van der Waals surface area contributed by atoms with E-state index >= 15 is 0 Å². The topological polar surface area (TPSA) is 98.5 Å². The third-order valence-corrected chi connectivity index (χ3v) is 4.67.